The minimum atomic E-state index is -0.150. The third-order valence-corrected chi connectivity index (χ3v) is 7.65. The van der Waals surface area contributed by atoms with Crippen molar-refractivity contribution in [2.45, 2.75) is 6.61 Å². The van der Waals surface area contributed by atoms with Gasteiger partial charge >= 0.3 is 0 Å². The number of carbonyl (C=O) groups excluding carboxylic acids is 1. The van der Waals surface area contributed by atoms with E-state index in [4.69, 9.17) is 4.74 Å². The highest BCUT2D eigenvalue weighted by molar-refractivity contribution is 7.99. The Balaban J connectivity index is 1.70. The molecule has 1 aliphatic heterocycles. The van der Waals surface area contributed by atoms with Crippen molar-refractivity contribution in [3.05, 3.63) is 69.6 Å². The van der Waals surface area contributed by atoms with E-state index in [0.29, 0.717) is 29.1 Å². The van der Waals surface area contributed by atoms with E-state index in [1.165, 1.54) is 11.3 Å². The summed E-state index contributed by atoms with van der Waals surface area (Å²) in [6.07, 6.45) is 3.41. The number of pyridine rings is 2. The van der Waals surface area contributed by atoms with E-state index in [0.717, 1.165) is 32.7 Å². The van der Waals surface area contributed by atoms with Crippen LogP contribution in [0, 0.1) is 0 Å². The van der Waals surface area contributed by atoms with E-state index in [1.54, 1.807) is 24.0 Å². The third kappa shape index (κ3) is 3.59. The van der Waals surface area contributed by atoms with Crippen molar-refractivity contribution in [3.8, 4) is 5.75 Å². The zero-order valence-electron chi connectivity index (χ0n) is 17.0. The molecule has 0 unspecified atom stereocenters. The summed E-state index contributed by atoms with van der Waals surface area (Å²) in [5.74, 6) is 2.19. The zero-order chi connectivity index (χ0) is 21.4. The maximum absolute atomic E-state index is 13.5. The predicted octanol–water partition coefficient (Wildman–Crippen LogP) is 3.92. The van der Waals surface area contributed by atoms with Crippen LogP contribution in [0.4, 0.5) is 0 Å². The number of aryl methyl sites for hydroxylation is 1. The summed E-state index contributed by atoms with van der Waals surface area (Å²) in [7, 11) is 1.76. The summed E-state index contributed by atoms with van der Waals surface area (Å²) in [6, 6.07) is 11.5. The molecular formula is C23H21N3O3S2. The van der Waals surface area contributed by atoms with Crippen molar-refractivity contribution >= 4 is 50.0 Å². The van der Waals surface area contributed by atoms with Crippen LogP contribution in [0.2, 0.25) is 0 Å². The molecule has 158 valence electrons. The average Bonchev–Trinajstić information content (AvgIpc) is 3.22. The lowest BCUT2D eigenvalue weighted by atomic mass is 10.1. The highest BCUT2D eigenvalue weighted by Gasteiger charge is 2.28. The van der Waals surface area contributed by atoms with Crippen molar-refractivity contribution in [1.82, 2.24) is 14.5 Å². The summed E-state index contributed by atoms with van der Waals surface area (Å²) in [4.78, 5) is 33.2. The lowest BCUT2D eigenvalue weighted by Crippen LogP contribution is -2.37. The Kier molecular flexibility index (Phi) is 5.41. The number of carbonyl (C=O) groups is 1. The van der Waals surface area contributed by atoms with Gasteiger partial charge in [0.1, 0.15) is 16.9 Å². The number of para-hydroxylation sites is 1. The maximum Gasteiger partial charge on any atom is 0.267 e. The maximum atomic E-state index is 13.5. The van der Waals surface area contributed by atoms with E-state index in [1.807, 2.05) is 53.1 Å². The van der Waals surface area contributed by atoms with Crippen molar-refractivity contribution in [1.29, 1.82) is 0 Å². The highest BCUT2D eigenvalue weighted by atomic mass is 32.2. The molecule has 4 aromatic rings. The quantitative estimate of drug-likeness (QED) is 0.471. The first kappa shape index (κ1) is 20.1. The van der Waals surface area contributed by atoms with E-state index >= 15 is 0 Å². The van der Waals surface area contributed by atoms with Gasteiger partial charge in [0, 0.05) is 49.4 Å². The number of ether oxygens (including phenoxy) is 1. The minimum absolute atomic E-state index is 0.0580. The Bertz CT molecular complexity index is 1320. The molecule has 6 nitrogen and oxygen atoms in total. The van der Waals surface area contributed by atoms with Gasteiger partial charge in [-0.1, -0.05) is 18.2 Å². The SMILES string of the molecule is Cn1c(=O)c2c(OCc3ccncc3)c(C(=O)N3CCSCC3)sc2c2ccccc21. The number of hydrogen-bond donors (Lipinski definition) is 0. The first-order chi connectivity index (χ1) is 15.1. The summed E-state index contributed by atoms with van der Waals surface area (Å²) in [5.41, 5.74) is 1.62. The van der Waals surface area contributed by atoms with E-state index in [-0.39, 0.29) is 18.1 Å². The fourth-order valence-corrected chi connectivity index (χ4v) is 6.00. The molecule has 1 saturated heterocycles. The van der Waals surface area contributed by atoms with Crippen molar-refractivity contribution in [2.24, 2.45) is 7.05 Å². The Morgan fingerprint density at radius 2 is 1.87 bits per heavy atom. The van der Waals surface area contributed by atoms with Gasteiger partial charge in [0.05, 0.1) is 10.2 Å². The first-order valence-electron chi connectivity index (χ1n) is 10.1. The molecule has 8 heteroatoms. The number of amides is 1. The van der Waals surface area contributed by atoms with Crippen LogP contribution >= 0.6 is 23.1 Å². The molecule has 1 amide bonds. The summed E-state index contributed by atoms with van der Waals surface area (Å²) in [5, 5.41) is 1.43. The molecule has 0 bridgehead atoms. The number of hydrogen-bond acceptors (Lipinski definition) is 6. The highest BCUT2D eigenvalue weighted by Crippen LogP contribution is 2.40. The van der Waals surface area contributed by atoms with Gasteiger partial charge in [-0.3, -0.25) is 14.6 Å². The van der Waals surface area contributed by atoms with Crippen LogP contribution in [-0.2, 0) is 13.7 Å². The second kappa shape index (κ2) is 8.36. The molecule has 0 spiro atoms. The van der Waals surface area contributed by atoms with Crippen molar-refractivity contribution in [2.75, 3.05) is 24.6 Å². The van der Waals surface area contributed by atoms with Gasteiger partial charge in [-0.05, 0) is 23.8 Å². The monoisotopic (exact) mass is 451 g/mol. The number of rotatable bonds is 4. The fourth-order valence-electron chi connectivity index (χ4n) is 3.86. The second-order valence-corrected chi connectivity index (χ2v) is 9.64. The number of fused-ring (bicyclic) bond motifs is 3. The van der Waals surface area contributed by atoms with Crippen LogP contribution in [0.1, 0.15) is 15.2 Å². The van der Waals surface area contributed by atoms with E-state index in [2.05, 4.69) is 4.98 Å². The molecule has 4 heterocycles. The molecule has 0 atom stereocenters. The normalized spacial score (nSPS) is 14.3. The minimum Gasteiger partial charge on any atom is -0.486 e. The van der Waals surface area contributed by atoms with Crippen molar-refractivity contribution in [3.63, 3.8) is 0 Å². The summed E-state index contributed by atoms with van der Waals surface area (Å²) in [6.45, 7) is 1.68. The van der Waals surface area contributed by atoms with E-state index in [9.17, 15) is 9.59 Å². The van der Waals surface area contributed by atoms with Crippen LogP contribution < -0.4 is 10.3 Å². The summed E-state index contributed by atoms with van der Waals surface area (Å²) >= 11 is 3.22. The third-order valence-electron chi connectivity index (χ3n) is 5.52. The molecule has 1 aliphatic rings. The van der Waals surface area contributed by atoms with Gasteiger partial charge in [-0.25, -0.2) is 0 Å². The smallest absolute Gasteiger partial charge is 0.267 e. The molecule has 5 rings (SSSR count). The number of thiophene rings is 1. The van der Waals surface area contributed by atoms with E-state index < -0.39 is 0 Å². The molecule has 0 aliphatic carbocycles. The molecule has 1 aromatic carbocycles. The fraction of sp³-hybridized carbons (Fsp3) is 0.261. The molecule has 0 N–H and O–H groups in total. The zero-order valence-corrected chi connectivity index (χ0v) is 18.7. The molecule has 0 radical (unpaired) electrons. The molecule has 3 aromatic heterocycles. The molecule has 31 heavy (non-hydrogen) atoms. The predicted molar refractivity (Wildman–Crippen MR) is 126 cm³/mol. The number of nitrogens with zero attached hydrogens (tertiary/aromatic N) is 3. The number of thioether (sulfide) groups is 1. The van der Waals surface area contributed by atoms with Crippen LogP contribution in [0.5, 0.6) is 5.75 Å². The second-order valence-electron chi connectivity index (χ2n) is 7.39. The van der Waals surface area contributed by atoms with Crippen LogP contribution in [-0.4, -0.2) is 45.0 Å². The lowest BCUT2D eigenvalue weighted by Gasteiger charge is -2.26. The lowest BCUT2D eigenvalue weighted by molar-refractivity contribution is 0.0773. The molecular weight excluding hydrogens is 430 g/mol. The van der Waals surface area contributed by atoms with Crippen molar-refractivity contribution < 1.29 is 9.53 Å². The Morgan fingerprint density at radius 1 is 1.13 bits per heavy atom. The largest absolute Gasteiger partial charge is 0.486 e. The van der Waals surface area contributed by atoms with Gasteiger partial charge in [0.15, 0.2) is 5.75 Å². The molecule has 1 fully saturated rings. The summed E-state index contributed by atoms with van der Waals surface area (Å²) < 4.78 is 8.63. The van der Waals surface area contributed by atoms with Gasteiger partial charge < -0.3 is 14.2 Å². The van der Waals surface area contributed by atoms with Gasteiger partial charge in [0.2, 0.25) is 0 Å². The Morgan fingerprint density at radius 3 is 2.65 bits per heavy atom. The standard InChI is InChI=1S/C23H21N3O3S2/c1-25-17-5-3-2-4-16(17)20-18(22(25)27)19(29-14-15-6-8-24-9-7-15)21(31-20)23(28)26-10-12-30-13-11-26/h2-9H,10-14H2,1H3. The first-order valence-corrected chi connectivity index (χ1v) is 12.0. The van der Waals surface area contributed by atoms with Gasteiger partial charge in [-0.15, -0.1) is 11.3 Å². The Hall–Kier alpha value is -2.84. The van der Waals surface area contributed by atoms with Crippen LogP contribution in [0.25, 0.3) is 21.0 Å². The molecule has 0 saturated carbocycles. The van der Waals surface area contributed by atoms with Gasteiger partial charge in [0.25, 0.3) is 11.5 Å². The van der Waals surface area contributed by atoms with Gasteiger partial charge in [-0.2, -0.15) is 11.8 Å². The Labute approximate surface area is 187 Å². The number of aromatic nitrogens is 2. The van der Waals surface area contributed by atoms with Crippen LogP contribution in [0.3, 0.4) is 0 Å². The number of benzene rings is 1. The topological polar surface area (TPSA) is 64.4 Å². The van der Waals surface area contributed by atoms with Crippen LogP contribution in [0.15, 0.2) is 53.6 Å². The average molecular weight is 452 g/mol.